The van der Waals surface area contributed by atoms with Crippen molar-refractivity contribution in [2.75, 3.05) is 5.32 Å². The van der Waals surface area contributed by atoms with Gasteiger partial charge in [0.1, 0.15) is 5.82 Å². The Kier molecular flexibility index (Phi) is 5.31. The van der Waals surface area contributed by atoms with Crippen LogP contribution in [0.4, 0.5) is 5.69 Å². The Labute approximate surface area is 152 Å². The molecular formula is C20H22N4O2. The third-order valence-corrected chi connectivity index (χ3v) is 4.26. The molecule has 3 rings (SSSR count). The van der Waals surface area contributed by atoms with Gasteiger partial charge in [0.2, 0.25) is 11.8 Å². The van der Waals surface area contributed by atoms with Gasteiger partial charge in [-0.05, 0) is 24.5 Å². The van der Waals surface area contributed by atoms with E-state index in [1.54, 1.807) is 6.20 Å². The van der Waals surface area contributed by atoms with E-state index in [-0.39, 0.29) is 23.8 Å². The van der Waals surface area contributed by atoms with Crippen LogP contribution >= 0.6 is 0 Å². The highest BCUT2D eigenvalue weighted by Gasteiger charge is 2.18. The molecule has 26 heavy (non-hydrogen) atoms. The molecule has 6 heteroatoms. The first-order valence-electron chi connectivity index (χ1n) is 8.60. The van der Waals surface area contributed by atoms with Crippen molar-refractivity contribution in [3.63, 3.8) is 0 Å². The van der Waals surface area contributed by atoms with E-state index in [2.05, 4.69) is 27.2 Å². The van der Waals surface area contributed by atoms with Gasteiger partial charge in [-0.1, -0.05) is 43.9 Å². The normalized spacial score (nSPS) is 21.2. The molecule has 3 N–H and O–H groups in total. The molecule has 1 aromatic carbocycles. The lowest BCUT2D eigenvalue weighted by Crippen LogP contribution is -2.27. The molecule has 1 aliphatic rings. The first-order chi connectivity index (χ1) is 12.6. The minimum absolute atomic E-state index is 0.0369. The molecule has 134 valence electrons. The Morgan fingerprint density at radius 2 is 2.19 bits per heavy atom. The van der Waals surface area contributed by atoms with E-state index in [1.165, 1.54) is 6.08 Å². The Balaban J connectivity index is 2.02. The lowest BCUT2D eigenvalue weighted by Gasteiger charge is -2.14. The largest absolute Gasteiger partial charge is 0.342 e. The predicted molar refractivity (Wildman–Crippen MR) is 101 cm³/mol. The highest BCUT2D eigenvalue weighted by atomic mass is 16.2. The van der Waals surface area contributed by atoms with Gasteiger partial charge in [0.15, 0.2) is 0 Å². The van der Waals surface area contributed by atoms with Crippen molar-refractivity contribution >= 4 is 17.5 Å². The lowest BCUT2D eigenvalue weighted by molar-refractivity contribution is -0.117. The van der Waals surface area contributed by atoms with Crippen molar-refractivity contribution in [1.82, 2.24) is 15.3 Å². The average molecular weight is 350 g/mol. The van der Waals surface area contributed by atoms with Gasteiger partial charge in [0, 0.05) is 12.0 Å². The van der Waals surface area contributed by atoms with Crippen molar-refractivity contribution < 1.29 is 9.59 Å². The summed E-state index contributed by atoms with van der Waals surface area (Å²) in [5, 5.41) is 5.87. The minimum Gasteiger partial charge on any atom is -0.342 e. The van der Waals surface area contributed by atoms with E-state index >= 15 is 0 Å². The quantitative estimate of drug-likeness (QED) is 0.573. The number of carbonyl (C=O) groups excluding carboxylic acids is 2. The summed E-state index contributed by atoms with van der Waals surface area (Å²) < 4.78 is 0. The van der Waals surface area contributed by atoms with Crippen molar-refractivity contribution in [2.45, 2.75) is 25.8 Å². The molecule has 2 amide bonds. The summed E-state index contributed by atoms with van der Waals surface area (Å²) in [6.07, 6.45) is 7.88. The number of benzene rings is 1. The number of para-hydroxylation sites is 1. The van der Waals surface area contributed by atoms with Crippen LogP contribution in [0.25, 0.3) is 11.3 Å². The molecule has 2 heterocycles. The first-order valence-corrected chi connectivity index (χ1v) is 8.60. The highest BCUT2D eigenvalue weighted by molar-refractivity contribution is 5.95. The molecule has 6 nitrogen and oxygen atoms in total. The van der Waals surface area contributed by atoms with Crippen LogP contribution in [-0.2, 0) is 9.59 Å². The van der Waals surface area contributed by atoms with E-state index in [0.717, 1.165) is 16.9 Å². The topological polar surface area (TPSA) is 86.9 Å². The molecule has 0 fully saturated rings. The monoisotopic (exact) mass is 350 g/mol. The van der Waals surface area contributed by atoms with Gasteiger partial charge in [0.25, 0.3) is 0 Å². The number of rotatable bonds is 2. The number of nitrogens with one attached hydrogen (secondary N) is 3. The fourth-order valence-electron chi connectivity index (χ4n) is 2.96. The first kappa shape index (κ1) is 17.7. The predicted octanol–water partition coefficient (Wildman–Crippen LogP) is 3.34. The summed E-state index contributed by atoms with van der Waals surface area (Å²) in [6.45, 7) is 5.49. The summed E-state index contributed by atoms with van der Waals surface area (Å²) in [4.78, 5) is 31.8. The molecule has 1 aromatic heterocycles. The molecule has 0 spiro atoms. The average Bonchev–Trinajstić information content (AvgIpc) is 3.10. The Morgan fingerprint density at radius 1 is 1.38 bits per heavy atom. The molecular weight excluding hydrogens is 328 g/mol. The van der Waals surface area contributed by atoms with Gasteiger partial charge in [-0.3, -0.25) is 9.59 Å². The Hall–Kier alpha value is -3.15. The maximum absolute atomic E-state index is 12.3. The van der Waals surface area contributed by atoms with Crippen molar-refractivity contribution in [2.24, 2.45) is 5.92 Å². The smallest absolute Gasteiger partial charge is 0.243 e. The van der Waals surface area contributed by atoms with Gasteiger partial charge in [-0.15, -0.1) is 0 Å². The zero-order chi connectivity index (χ0) is 18.5. The number of amides is 2. The maximum atomic E-state index is 12.3. The Bertz CT molecular complexity index is 853. The van der Waals surface area contributed by atoms with Crippen LogP contribution in [0.5, 0.6) is 0 Å². The molecule has 0 saturated heterocycles. The maximum Gasteiger partial charge on any atom is 0.243 e. The fraction of sp³-hybridized carbons (Fsp3) is 0.250. The number of aromatic amines is 1. The molecule has 1 aliphatic heterocycles. The lowest BCUT2D eigenvalue weighted by atomic mass is 10.0. The number of aromatic nitrogens is 2. The van der Waals surface area contributed by atoms with E-state index in [9.17, 15) is 9.59 Å². The number of hydrogen-bond donors (Lipinski definition) is 3. The van der Waals surface area contributed by atoms with Gasteiger partial charge in [0.05, 0.1) is 23.6 Å². The van der Waals surface area contributed by atoms with E-state index < -0.39 is 0 Å². The minimum atomic E-state index is -0.297. The molecule has 0 aliphatic carbocycles. The third kappa shape index (κ3) is 4.08. The van der Waals surface area contributed by atoms with Crippen molar-refractivity contribution in [3.05, 3.63) is 61.1 Å². The number of fused-ring (bicyclic) bond motifs is 4. The Morgan fingerprint density at radius 3 is 3.00 bits per heavy atom. The molecule has 0 radical (unpaired) electrons. The number of H-pyrrole nitrogens is 1. The SMILES string of the molecule is C=CC(=O)NC1C/C=C/[C@@H](C)CC(=O)Nc2ccccc2-c2cnc1[nH]2. The number of imidazole rings is 1. The number of hydrogen-bond acceptors (Lipinski definition) is 3. The molecule has 1 unspecified atom stereocenters. The van der Waals surface area contributed by atoms with E-state index in [1.807, 2.05) is 43.3 Å². The number of anilines is 1. The molecule has 2 bridgehead atoms. The second-order valence-electron chi connectivity index (χ2n) is 6.39. The van der Waals surface area contributed by atoms with Crippen LogP contribution in [0.15, 0.2) is 55.3 Å². The van der Waals surface area contributed by atoms with Crippen LogP contribution in [0.1, 0.15) is 31.6 Å². The van der Waals surface area contributed by atoms with Gasteiger partial charge < -0.3 is 15.6 Å². The highest BCUT2D eigenvalue weighted by Crippen LogP contribution is 2.28. The molecule has 2 atom stereocenters. The van der Waals surface area contributed by atoms with Gasteiger partial charge in [-0.25, -0.2) is 4.98 Å². The van der Waals surface area contributed by atoms with E-state index in [0.29, 0.717) is 18.7 Å². The second kappa shape index (κ2) is 7.82. The van der Waals surface area contributed by atoms with Crippen LogP contribution in [0.2, 0.25) is 0 Å². The zero-order valence-corrected chi connectivity index (χ0v) is 14.7. The van der Waals surface area contributed by atoms with Crippen LogP contribution < -0.4 is 10.6 Å². The zero-order valence-electron chi connectivity index (χ0n) is 14.7. The van der Waals surface area contributed by atoms with Crippen LogP contribution in [0.3, 0.4) is 0 Å². The number of allylic oxidation sites excluding steroid dienone is 1. The van der Waals surface area contributed by atoms with Gasteiger partial charge >= 0.3 is 0 Å². The summed E-state index contributed by atoms with van der Waals surface area (Å²) >= 11 is 0. The summed E-state index contributed by atoms with van der Waals surface area (Å²) in [5.41, 5.74) is 2.37. The van der Waals surface area contributed by atoms with Crippen LogP contribution in [-0.4, -0.2) is 21.8 Å². The van der Waals surface area contributed by atoms with E-state index in [4.69, 9.17) is 0 Å². The molecule has 2 aromatic rings. The van der Waals surface area contributed by atoms with Crippen molar-refractivity contribution in [3.8, 4) is 11.3 Å². The van der Waals surface area contributed by atoms with Crippen LogP contribution in [0, 0.1) is 5.92 Å². The summed E-state index contributed by atoms with van der Waals surface area (Å²) in [5.74, 6) is 0.457. The summed E-state index contributed by atoms with van der Waals surface area (Å²) in [6, 6.07) is 7.28. The fourth-order valence-corrected chi connectivity index (χ4v) is 2.96. The standard InChI is InChI=1S/C20H22N4O2/c1-3-18(25)23-16-10-6-7-13(2)11-19(26)22-15-9-5-4-8-14(15)17-12-21-20(16)24-17/h3-9,12-13,16H,1,10-11H2,2H3,(H,21,24)(H,22,26)(H,23,25)/b7-6+/t13-,16?/m1/s1. The second-order valence-corrected chi connectivity index (χ2v) is 6.39. The number of carbonyl (C=O) groups is 2. The number of nitrogens with zero attached hydrogens (tertiary/aromatic N) is 1. The summed E-state index contributed by atoms with van der Waals surface area (Å²) in [7, 11) is 0. The molecule has 0 saturated carbocycles. The van der Waals surface area contributed by atoms with Gasteiger partial charge in [-0.2, -0.15) is 0 Å². The third-order valence-electron chi connectivity index (χ3n) is 4.26. The van der Waals surface area contributed by atoms with Crippen molar-refractivity contribution in [1.29, 1.82) is 0 Å².